The topological polar surface area (TPSA) is 23.5 Å². The Hall–Kier alpha value is -0.0800. The maximum atomic E-state index is 10.2. The number of hydrogen-bond acceptors (Lipinski definition) is 2. The van der Waals surface area contributed by atoms with E-state index in [1.807, 2.05) is 0 Å². The summed E-state index contributed by atoms with van der Waals surface area (Å²) in [7, 11) is 2.17. The Bertz CT molecular complexity index is 232. The van der Waals surface area contributed by atoms with Crippen LogP contribution in [0.2, 0.25) is 0 Å². The lowest BCUT2D eigenvalue weighted by Gasteiger charge is -2.43. The predicted molar refractivity (Wildman–Crippen MR) is 74.1 cm³/mol. The monoisotopic (exact) mass is 241 g/mol. The quantitative estimate of drug-likeness (QED) is 0.820. The van der Waals surface area contributed by atoms with E-state index in [0.717, 1.165) is 25.3 Å². The molecule has 1 fully saturated rings. The van der Waals surface area contributed by atoms with Crippen molar-refractivity contribution in [2.45, 2.75) is 66.0 Å². The van der Waals surface area contributed by atoms with Gasteiger partial charge in [-0.1, -0.05) is 34.6 Å². The van der Waals surface area contributed by atoms with Crippen LogP contribution in [0.1, 0.15) is 53.9 Å². The normalized spacial score (nSPS) is 31.2. The van der Waals surface area contributed by atoms with Gasteiger partial charge in [-0.05, 0) is 43.6 Å². The summed E-state index contributed by atoms with van der Waals surface area (Å²) in [6.45, 7) is 12.6. The molecule has 0 amide bonds. The van der Waals surface area contributed by atoms with Crippen molar-refractivity contribution in [2.24, 2.45) is 17.3 Å². The van der Waals surface area contributed by atoms with Gasteiger partial charge < -0.3 is 10.0 Å². The molecule has 0 aliphatic heterocycles. The fraction of sp³-hybridized carbons (Fsp3) is 1.00. The molecular formula is C15H31NO. The minimum atomic E-state index is -0.127. The Morgan fingerprint density at radius 2 is 1.82 bits per heavy atom. The van der Waals surface area contributed by atoms with Crippen LogP contribution < -0.4 is 0 Å². The average molecular weight is 241 g/mol. The zero-order valence-electron chi connectivity index (χ0n) is 12.5. The number of aliphatic hydroxyl groups is 1. The summed E-state index contributed by atoms with van der Waals surface area (Å²) < 4.78 is 0. The molecule has 3 unspecified atom stereocenters. The van der Waals surface area contributed by atoms with Crippen LogP contribution in [-0.4, -0.2) is 35.7 Å². The minimum absolute atomic E-state index is 0.127. The van der Waals surface area contributed by atoms with E-state index >= 15 is 0 Å². The van der Waals surface area contributed by atoms with Crippen LogP contribution in [0.3, 0.4) is 0 Å². The first-order valence-corrected chi connectivity index (χ1v) is 7.10. The molecule has 1 aliphatic rings. The van der Waals surface area contributed by atoms with Gasteiger partial charge in [-0.3, -0.25) is 0 Å². The van der Waals surface area contributed by atoms with Crippen molar-refractivity contribution in [2.75, 3.05) is 13.6 Å². The molecule has 0 aromatic rings. The van der Waals surface area contributed by atoms with Gasteiger partial charge in [0, 0.05) is 12.6 Å². The van der Waals surface area contributed by atoms with E-state index in [2.05, 4.69) is 46.6 Å². The zero-order chi connectivity index (χ0) is 13.2. The van der Waals surface area contributed by atoms with Gasteiger partial charge in [-0.15, -0.1) is 0 Å². The number of aliphatic hydroxyl groups excluding tert-OH is 1. The summed E-state index contributed by atoms with van der Waals surface area (Å²) in [5.41, 5.74) is 0.372. The van der Waals surface area contributed by atoms with Crippen LogP contribution >= 0.6 is 0 Å². The molecular weight excluding hydrogens is 210 g/mol. The van der Waals surface area contributed by atoms with E-state index in [1.54, 1.807) is 0 Å². The molecule has 0 heterocycles. The standard InChI is InChI=1S/C15H31NO/c1-11(2)10-16(6)13-9-12(15(3,4)5)7-8-14(13)17/h11-14,17H,7-10H2,1-6H3. The van der Waals surface area contributed by atoms with Gasteiger partial charge in [-0.2, -0.15) is 0 Å². The third-order valence-corrected chi connectivity index (χ3v) is 4.23. The van der Waals surface area contributed by atoms with E-state index in [4.69, 9.17) is 0 Å². The lowest BCUT2D eigenvalue weighted by molar-refractivity contribution is -0.0107. The van der Waals surface area contributed by atoms with Crippen molar-refractivity contribution in [1.82, 2.24) is 4.90 Å². The maximum Gasteiger partial charge on any atom is 0.0695 e. The molecule has 1 saturated carbocycles. The van der Waals surface area contributed by atoms with E-state index in [9.17, 15) is 5.11 Å². The summed E-state index contributed by atoms with van der Waals surface area (Å²) in [5, 5.41) is 10.2. The van der Waals surface area contributed by atoms with Crippen LogP contribution in [0.4, 0.5) is 0 Å². The van der Waals surface area contributed by atoms with Crippen LogP contribution in [0, 0.1) is 17.3 Å². The molecule has 102 valence electrons. The van der Waals surface area contributed by atoms with E-state index < -0.39 is 0 Å². The fourth-order valence-electron chi connectivity index (χ4n) is 3.10. The van der Waals surface area contributed by atoms with Crippen molar-refractivity contribution in [3.63, 3.8) is 0 Å². The average Bonchev–Trinajstić information content (AvgIpc) is 2.15. The first-order valence-electron chi connectivity index (χ1n) is 7.10. The fourth-order valence-corrected chi connectivity index (χ4v) is 3.10. The summed E-state index contributed by atoms with van der Waals surface area (Å²) in [6.07, 6.45) is 3.16. The van der Waals surface area contributed by atoms with Gasteiger partial charge in [0.05, 0.1) is 6.10 Å². The molecule has 17 heavy (non-hydrogen) atoms. The predicted octanol–water partition coefficient (Wildman–Crippen LogP) is 3.15. The number of nitrogens with zero attached hydrogens (tertiary/aromatic N) is 1. The second-order valence-electron chi connectivity index (χ2n) is 7.34. The molecule has 2 nitrogen and oxygen atoms in total. The SMILES string of the molecule is CC(C)CN(C)C1CC(C(C)(C)C)CCC1O. The molecule has 0 saturated heterocycles. The Labute approximate surface area is 107 Å². The van der Waals surface area contributed by atoms with Gasteiger partial charge in [-0.25, -0.2) is 0 Å². The molecule has 1 rings (SSSR count). The van der Waals surface area contributed by atoms with Gasteiger partial charge in [0.15, 0.2) is 0 Å². The third kappa shape index (κ3) is 4.26. The largest absolute Gasteiger partial charge is 0.391 e. The van der Waals surface area contributed by atoms with Crippen molar-refractivity contribution in [3.8, 4) is 0 Å². The first-order chi connectivity index (χ1) is 7.71. The Balaban J connectivity index is 2.63. The Morgan fingerprint density at radius 3 is 2.29 bits per heavy atom. The number of likely N-dealkylation sites (N-methyl/N-ethyl adjacent to an activating group) is 1. The second-order valence-corrected chi connectivity index (χ2v) is 7.34. The molecule has 1 aliphatic carbocycles. The summed E-state index contributed by atoms with van der Waals surface area (Å²) in [5.74, 6) is 1.41. The molecule has 0 aromatic heterocycles. The summed E-state index contributed by atoms with van der Waals surface area (Å²) in [4.78, 5) is 2.37. The van der Waals surface area contributed by atoms with Crippen molar-refractivity contribution < 1.29 is 5.11 Å². The maximum absolute atomic E-state index is 10.2. The molecule has 2 heteroatoms. The number of rotatable bonds is 3. The molecule has 3 atom stereocenters. The van der Waals surface area contributed by atoms with E-state index in [0.29, 0.717) is 17.4 Å². The molecule has 1 N–H and O–H groups in total. The van der Waals surface area contributed by atoms with Gasteiger partial charge >= 0.3 is 0 Å². The highest BCUT2D eigenvalue weighted by Gasteiger charge is 2.36. The third-order valence-electron chi connectivity index (χ3n) is 4.23. The summed E-state index contributed by atoms with van der Waals surface area (Å²) in [6, 6.07) is 0.357. The van der Waals surface area contributed by atoms with E-state index in [1.165, 1.54) is 6.42 Å². The molecule has 0 aromatic carbocycles. The van der Waals surface area contributed by atoms with Crippen molar-refractivity contribution >= 4 is 0 Å². The minimum Gasteiger partial charge on any atom is -0.391 e. The first kappa shape index (κ1) is 15.0. The van der Waals surface area contributed by atoms with Crippen molar-refractivity contribution in [1.29, 1.82) is 0 Å². The van der Waals surface area contributed by atoms with E-state index in [-0.39, 0.29) is 6.10 Å². The van der Waals surface area contributed by atoms with Crippen LogP contribution in [0.5, 0.6) is 0 Å². The molecule has 0 radical (unpaired) electrons. The van der Waals surface area contributed by atoms with Gasteiger partial charge in [0.1, 0.15) is 0 Å². The smallest absolute Gasteiger partial charge is 0.0695 e. The van der Waals surface area contributed by atoms with Crippen LogP contribution in [0.15, 0.2) is 0 Å². The lowest BCUT2D eigenvalue weighted by Crippen LogP contribution is -2.48. The zero-order valence-corrected chi connectivity index (χ0v) is 12.5. The highest BCUT2D eigenvalue weighted by atomic mass is 16.3. The second kappa shape index (κ2) is 5.71. The van der Waals surface area contributed by atoms with Gasteiger partial charge in [0.2, 0.25) is 0 Å². The molecule has 0 spiro atoms. The van der Waals surface area contributed by atoms with Crippen LogP contribution in [0.25, 0.3) is 0 Å². The Morgan fingerprint density at radius 1 is 1.24 bits per heavy atom. The highest BCUT2D eigenvalue weighted by molar-refractivity contribution is 4.90. The Kier molecular flexibility index (Phi) is 5.03. The lowest BCUT2D eigenvalue weighted by atomic mass is 9.70. The van der Waals surface area contributed by atoms with Crippen LogP contribution in [-0.2, 0) is 0 Å². The van der Waals surface area contributed by atoms with Crippen molar-refractivity contribution in [3.05, 3.63) is 0 Å². The highest BCUT2D eigenvalue weighted by Crippen LogP contribution is 2.39. The van der Waals surface area contributed by atoms with Gasteiger partial charge in [0.25, 0.3) is 0 Å². The summed E-state index contributed by atoms with van der Waals surface area (Å²) >= 11 is 0. The number of hydrogen-bond donors (Lipinski definition) is 1. The molecule has 0 bridgehead atoms.